The van der Waals surface area contributed by atoms with E-state index in [0.29, 0.717) is 24.1 Å². The summed E-state index contributed by atoms with van der Waals surface area (Å²) in [6.07, 6.45) is 2.26. The molecule has 0 radical (unpaired) electrons. The Balaban J connectivity index is 2.31. The number of aryl methyl sites for hydroxylation is 1. The van der Waals surface area contributed by atoms with E-state index in [4.69, 9.17) is 66.5 Å². The first-order chi connectivity index (χ1) is 11.4. The molecule has 1 aromatic rings. The van der Waals surface area contributed by atoms with Crippen LogP contribution in [0.2, 0.25) is 36.8 Å². The Bertz CT molecular complexity index is 536. The minimum absolute atomic E-state index is 0.173. The van der Waals surface area contributed by atoms with Crippen LogP contribution < -0.4 is 0 Å². The molecule has 10 heteroatoms. The fraction of sp³-hybridized carbons (Fsp3) is 0.600. The van der Waals surface area contributed by atoms with Crippen molar-refractivity contribution < 1.29 is 4.39 Å². The summed E-state index contributed by atoms with van der Waals surface area (Å²) in [5.41, 5.74) is 0.711. The van der Waals surface area contributed by atoms with Crippen molar-refractivity contribution in [3.63, 3.8) is 0 Å². The summed E-state index contributed by atoms with van der Waals surface area (Å²) in [5.74, 6) is -0.173. The molecule has 144 valence electrons. The molecule has 0 saturated carbocycles. The number of benzene rings is 1. The van der Waals surface area contributed by atoms with Gasteiger partial charge >= 0.3 is 0 Å². The average molecular weight is 519 g/mol. The maximum absolute atomic E-state index is 13.6. The first-order valence-corrected chi connectivity index (χ1v) is 21.9. The molecule has 0 N–H and O–H groups in total. The van der Waals surface area contributed by atoms with Gasteiger partial charge in [-0.2, -0.15) is 0 Å². The van der Waals surface area contributed by atoms with Gasteiger partial charge < -0.3 is 0 Å². The van der Waals surface area contributed by atoms with Crippen LogP contribution in [0.5, 0.6) is 0 Å². The average Bonchev–Trinajstić information content (AvgIpc) is 2.46. The second-order valence-corrected chi connectivity index (χ2v) is 30.1. The second-order valence-electron chi connectivity index (χ2n) is 6.58. The van der Waals surface area contributed by atoms with Gasteiger partial charge in [0.2, 0.25) is 6.69 Å². The van der Waals surface area contributed by atoms with E-state index < -0.39 is 20.1 Å². The first-order valence-electron chi connectivity index (χ1n) is 8.27. The molecule has 0 atom stereocenters. The molecule has 1 aromatic carbocycles. The second kappa shape index (κ2) is 10.9. The number of rotatable bonds is 11. The van der Waals surface area contributed by atoms with Crippen LogP contribution in [0.15, 0.2) is 24.3 Å². The van der Waals surface area contributed by atoms with Crippen LogP contribution in [-0.2, 0) is 6.42 Å². The van der Waals surface area contributed by atoms with Crippen molar-refractivity contribution in [1.29, 1.82) is 0 Å². The number of hydrogen-bond acceptors (Lipinski definition) is 0. The molecule has 25 heavy (non-hydrogen) atoms. The summed E-state index contributed by atoms with van der Waals surface area (Å²) in [6, 6.07) is 10.4. The predicted molar refractivity (Wildman–Crippen MR) is 122 cm³/mol. The molecular formula is C15H23Cl6FSi3. The van der Waals surface area contributed by atoms with Gasteiger partial charge in [-0.05, 0) is 61.2 Å². The van der Waals surface area contributed by atoms with E-state index in [0.717, 1.165) is 31.0 Å². The van der Waals surface area contributed by atoms with Gasteiger partial charge in [0.25, 0.3) is 13.4 Å². The zero-order valence-electron chi connectivity index (χ0n) is 14.1. The van der Waals surface area contributed by atoms with Crippen molar-refractivity contribution in [2.75, 3.05) is 0 Å². The topological polar surface area (TPSA) is 0 Å². The molecule has 0 aliphatic heterocycles. The van der Waals surface area contributed by atoms with Gasteiger partial charge in [0.1, 0.15) is 5.82 Å². The maximum Gasteiger partial charge on any atom is 0.251 e. The third-order valence-corrected chi connectivity index (χ3v) is 15.5. The quantitative estimate of drug-likeness (QED) is 0.203. The zero-order chi connectivity index (χ0) is 19.1. The summed E-state index contributed by atoms with van der Waals surface area (Å²) in [4.78, 5) is 0. The van der Waals surface area contributed by atoms with E-state index in [-0.39, 0.29) is 5.82 Å². The highest BCUT2D eigenvalue weighted by Crippen LogP contribution is 2.37. The third kappa shape index (κ3) is 11.9. The molecule has 0 aromatic heterocycles. The van der Waals surface area contributed by atoms with Gasteiger partial charge in [0.15, 0.2) is 0 Å². The summed E-state index contributed by atoms with van der Waals surface area (Å²) < 4.78 is 13.6. The van der Waals surface area contributed by atoms with Crippen LogP contribution in [-0.4, -0.2) is 20.1 Å². The van der Waals surface area contributed by atoms with Gasteiger partial charge in [-0.25, -0.2) is 4.39 Å². The summed E-state index contributed by atoms with van der Waals surface area (Å²) in [6.45, 7) is -4.98. The van der Waals surface area contributed by atoms with E-state index in [1.807, 2.05) is 12.6 Å². The summed E-state index contributed by atoms with van der Waals surface area (Å²) in [7, 11) is 0. The minimum Gasteiger partial charge on any atom is -0.207 e. The standard InChI is InChI=1S/C15H23Cl6FSi3/c1-23(16,17)12-13-25(20,21)11-5-10-24(18,19)9-4-7-14-6-2-3-8-15(14)22/h2-3,6,8H,4-5,7,9-13H2,1H3. The lowest BCUT2D eigenvalue weighted by atomic mass is 10.1. The van der Waals surface area contributed by atoms with E-state index >= 15 is 0 Å². The Hall–Kier alpha value is 1.54. The zero-order valence-corrected chi connectivity index (χ0v) is 21.6. The molecule has 0 aliphatic rings. The Morgan fingerprint density at radius 2 is 1.28 bits per heavy atom. The van der Waals surface area contributed by atoms with Gasteiger partial charge in [-0.15, -0.1) is 66.5 Å². The molecule has 0 heterocycles. The van der Waals surface area contributed by atoms with Crippen molar-refractivity contribution in [3.05, 3.63) is 35.6 Å². The molecule has 0 spiro atoms. The number of halogens is 7. The summed E-state index contributed by atoms with van der Waals surface area (Å²) in [5, 5.41) is 0. The highest BCUT2D eigenvalue weighted by Gasteiger charge is 2.34. The smallest absolute Gasteiger partial charge is 0.207 e. The van der Waals surface area contributed by atoms with Crippen LogP contribution in [0, 0.1) is 5.82 Å². The lowest BCUT2D eigenvalue weighted by Gasteiger charge is -2.21. The Morgan fingerprint density at radius 1 is 0.760 bits per heavy atom. The van der Waals surface area contributed by atoms with E-state index in [1.54, 1.807) is 12.1 Å². The van der Waals surface area contributed by atoms with Crippen LogP contribution in [0.1, 0.15) is 18.4 Å². The molecule has 0 unspecified atom stereocenters. The van der Waals surface area contributed by atoms with E-state index in [2.05, 4.69) is 0 Å². The monoisotopic (exact) mass is 516 g/mol. The van der Waals surface area contributed by atoms with Crippen LogP contribution >= 0.6 is 66.5 Å². The van der Waals surface area contributed by atoms with Crippen molar-refractivity contribution in [2.24, 2.45) is 0 Å². The van der Waals surface area contributed by atoms with E-state index in [9.17, 15) is 4.39 Å². The molecule has 0 fully saturated rings. The first kappa shape index (κ1) is 24.6. The van der Waals surface area contributed by atoms with Crippen molar-refractivity contribution in [3.8, 4) is 0 Å². The highest BCUT2D eigenvalue weighted by molar-refractivity contribution is 7.48. The van der Waals surface area contributed by atoms with Gasteiger partial charge in [-0.1, -0.05) is 24.6 Å². The van der Waals surface area contributed by atoms with Gasteiger partial charge in [0, 0.05) is 0 Å². The van der Waals surface area contributed by atoms with Crippen molar-refractivity contribution in [1.82, 2.24) is 0 Å². The third-order valence-electron chi connectivity index (χ3n) is 3.96. The Morgan fingerprint density at radius 3 is 1.84 bits per heavy atom. The lowest BCUT2D eigenvalue weighted by Crippen LogP contribution is -2.25. The van der Waals surface area contributed by atoms with Crippen LogP contribution in [0.4, 0.5) is 4.39 Å². The fourth-order valence-electron chi connectivity index (χ4n) is 2.50. The molecule has 0 aliphatic carbocycles. The maximum atomic E-state index is 13.6. The molecule has 0 amide bonds. The Kier molecular flexibility index (Phi) is 10.7. The van der Waals surface area contributed by atoms with Crippen LogP contribution in [0.25, 0.3) is 0 Å². The SMILES string of the molecule is C[Si](Cl)(Cl)CC[Si](Cl)(Cl)CCC[Si](Cl)(Cl)CCCc1ccccc1F. The normalized spacial score (nSPS) is 13.3. The van der Waals surface area contributed by atoms with Crippen molar-refractivity contribution >= 4 is 86.6 Å². The Labute approximate surface area is 181 Å². The molecule has 0 bridgehead atoms. The molecule has 0 saturated heterocycles. The van der Waals surface area contributed by atoms with Crippen LogP contribution in [0.3, 0.4) is 0 Å². The minimum atomic E-state index is -2.35. The lowest BCUT2D eigenvalue weighted by molar-refractivity contribution is 0.607. The number of hydrogen-bond donors (Lipinski definition) is 0. The predicted octanol–water partition coefficient (Wildman–Crippen LogP) is 8.54. The highest BCUT2D eigenvalue weighted by atomic mass is 35.7. The fourth-order valence-corrected chi connectivity index (χ4v) is 14.5. The van der Waals surface area contributed by atoms with Gasteiger partial charge in [-0.3, -0.25) is 0 Å². The van der Waals surface area contributed by atoms with Gasteiger partial charge in [0.05, 0.1) is 0 Å². The van der Waals surface area contributed by atoms with E-state index in [1.165, 1.54) is 6.07 Å². The van der Waals surface area contributed by atoms with Crippen molar-refractivity contribution in [2.45, 2.75) is 56.0 Å². The molecule has 0 nitrogen and oxygen atoms in total. The molecular weight excluding hydrogens is 496 g/mol. The largest absolute Gasteiger partial charge is 0.251 e. The molecule has 1 rings (SSSR count). The summed E-state index contributed by atoms with van der Waals surface area (Å²) >= 11 is 38.2.